The Morgan fingerprint density at radius 2 is 1.73 bits per heavy atom. The molecule has 4 atom stereocenters. The number of ether oxygens (including phenoxy) is 1. The van der Waals surface area contributed by atoms with E-state index in [0.717, 1.165) is 37.0 Å². The van der Waals surface area contributed by atoms with Gasteiger partial charge in [0.05, 0.1) is 12.7 Å². The van der Waals surface area contributed by atoms with Gasteiger partial charge in [0, 0.05) is 12.6 Å². The minimum atomic E-state index is -0.0484. The molecule has 2 fully saturated rings. The summed E-state index contributed by atoms with van der Waals surface area (Å²) in [5.41, 5.74) is 1.29. The second-order valence-corrected chi connectivity index (χ2v) is 6.90. The van der Waals surface area contributed by atoms with Gasteiger partial charge >= 0.3 is 0 Å². The van der Waals surface area contributed by atoms with E-state index < -0.39 is 0 Å². The second-order valence-electron chi connectivity index (χ2n) is 6.90. The number of aliphatic hydroxyl groups is 2. The number of hydrogen-bond acceptors (Lipinski definition) is 4. The van der Waals surface area contributed by atoms with Crippen LogP contribution < -0.4 is 4.74 Å². The largest absolute Gasteiger partial charge is 0.491 e. The summed E-state index contributed by atoms with van der Waals surface area (Å²) in [6.07, 6.45) is 4.43. The highest BCUT2D eigenvalue weighted by Crippen LogP contribution is 2.45. The normalized spacial score (nSPS) is 30.7. The van der Waals surface area contributed by atoms with Crippen molar-refractivity contribution >= 4 is 0 Å². The highest BCUT2D eigenvalue weighted by atomic mass is 16.5. The lowest BCUT2D eigenvalue weighted by atomic mass is 10.0. The molecule has 0 aromatic heterocycles. The fourth-order valence-electron chi connectivity index (χ4n) is 4.18. The van der Waals surface area contributed by atoms with Crippen LogP contribution in [0.3, 0.4) is 0 Å². The molecule has 4 nitrogen and oxygen atoms in total. The Morgan fingerprint density at radius 3 is 2.32 bits per heavy atom. The van der Waals surface area contributed by atoms with Gasteiger partial charge in [-0.15, -0.1) is 0 Å². The first kappa shape index (κ1) is 15.8. The van der Waals surface area contributed by atoms with Crippen LogP contribution in [-0.2, 0) is 6.54 Å². The monoisotopic (exact) mass is 305 g/mol. The van der Waals surface area contributed by atoms with E-state index in [9.17, 15) is 5.11 Å². The van der Waals surface area contributed by atoms with Crippen LogP contribution in [0.1, 0.15) is 31.2 Å². The lowest BCUT2D eigenvalue weighted by Gasteiger charge is -2.25. The quantitative estimate of drug-likeness (QED) is 0.844. The molecule has 3 rings (SSSR count). The number of benzene rings is 1. The van der Waals surface area contributed by atoms with E-state index in [-0.39, 0.29) is 12.7 Å². The number of aliphatic hydroxyl groups excluding tert-OH is 2. The molecule has 4 heteroatoms. The summed E-state index contributed by atoms with van der Waals surface area (Å²) < 4.78 is 5.39. The summed E-state index contributed by atoms with van der Waals surface area (Å²) in [6, 6.07) is 8.79. The van der Waals surface area contributed by atoms with Crippen LogP contribution in [0.15, 0.2) is 24.3 Å². The maximum absolute atomic E-state index is 9.74. The third-order valence-corrected chi connectivity index (χ3v) is 5.30. The molecule has 0 heterocycles. The van der Waals surface area contributed by atoms with Gasteiger partial charge in [0.25, 0.3) is 0 Å². The molecule has 2 N–H and O–H groups in total. The van der Waals surface area contributed by atoms with E-state index >= 15 is 0 Å². The van der Waals surface area contributed by atoms with Crippen molar-refractivity contribution in [2.45, 2.75) is 44.4 Å². The first-order valence-electron chi connectivity index (χ1n) is 8.36. The van der Waals surface area contributed by atoms with Gasteiger partial charge in [-0.1, -0.05) is 12.1 Å². The molecule has 0 saturated heterocycles. The lowest BCUT2D eigenvalue weighted by Crippen LogP contribution is -2.29. The average Bonchev–Trinajstić information content (AvgIpc) is 3.04. The Balaban J connectivity index is 1.51. The third kappa shape index (κ3) is 3.62. The maximum atomic E-state index is 9.74. The van der Waals surface area contributed by atoms with E-state index in [1.54, 1.807) is 0 Å². The zero-order valence-electron chi connectivity index (χ0n) is 13.3. The van der Waals surface area contributed by atoms with Crippen molar-refractivity contribution in [2.75, 3.05) is 20.3 Å². The standard InChI is InChI=1S/C18H27NO3/c1-19(16-8-14-10-17(21)11-15(14)9-16)12-13-2-4-18(5-3-13)22-7-6-20/h2-5,14-17,20-21H,6-12H2,1H3/t14-,15+,16?,17?. The number of hydrogen-bond donors (Lipinski definition) is 2. The predicted molar refractivity (Wildman–Crippen MR) is 85.7 cm³/mol. The molecule has 1 aromatic carbocycles. The molecule has 0 spiro atoms. The molecule has 2 unspecified atom stereocenters. The topological polar surface area (TPSA) is 52.9 Å². The van der Waals surface area contributed by atoms with Crippen LogP contribution in [0.25, 0.3) is 0 Å². The molecule has 0 radical (unpaired) electrons. The summed E-state index contributed by atoms with van der Waals surface area (Å²) in [7, 11) is 2.21. The van der Waals surface area contributed by atoms with Crippen LogP contribution in [0.5, 0.6) is 5.75 Å². The summed E-state index contributed by atoms with van der Waals surface area (Å²) in [5.74, 6) is 2.28. The summed E-state index contributed by atoms with van der Waals surface area (Å²) in [5, 5.41) is 18.5. The first-order chi connectivity index (χ1) is 10.7. The second kappa shape index (κ2) is 6.99. The van der Waals surface area contributed by atoms with E-state index in [2.05, 4.69) is 24.1 Å². The number of nitrogens with zero attached hydrogens (tertiary/aromatic N) is 1. The van der Waals surface area contributed by atoms with Crippen LogP contribution in [0, 0.1) is 11.8 Å². The molecule has 0 aliphatic heterocycles. The van der Waals surface area contributed by atoms with E-state index in [0.29, 0.717) is 12.6 Å². The van der Waals surface area contributed by atoms with Crippen molar-refractivity contribution < 1.29 is 14.9 Å². The van der Waals surface area contributed by atoms with Crippen molar-refractivity contribution in [1.82, 2.24) is 4.90 Å². The van der Waals surface area contributed by atoms with Crippen LogP contribution in [0.2, 0.25) is 0 Å². The van der Waals surface area contributed by atoms with Gasteiger partial charge in [0.2, 0.25) is 0 Å². The Hall–Kier alpha value is -1.10. The van der Waals surface area contributed by atoms with Gasteiger partial charge in [0.1, 0.15) is 12.4 Å². The minimum absolute atomic E-state index is 0.0448. The van der Waals surface area contributed by atoms with Gasteiger partial charge in [-0.05, 0) is 62.3 Å². The SMILES string of the molecule is CN(Cc1ccc(OCCO)cc1)C1C[C@H]2CC(O)C[C@H]2C1. The summed E-state index contributed by atoms with van der Waals surface area (Å²) in [4.78, 5) is 2.45. The highest BCUT2D eigenvalue weighted by molar-refractivity contribution is 5.27. The van der Waals surface area contributed by atoms with Gasteiger partial charge in [-0.3, -0.25) is 4.90 Å². The highest BCUT2D eigenvalue weighted by Gasteiger charge is 2.42. The molecular formula is C18H27NO3. The fourth-order valence-corrected chi connectivity index (χ4v) is 4.18. The average molecular weight is 305 g/mol. The summed E-state index contributed by atoms with van der Waals surface area (Å²) >= 11 is 0. The van der Waals surface area contributed by atoms with E-state index in [1.807, 2.05) is 12.1 Å². The van der Waals surface area contributed by atoms with Crippen molar-refractivity contribution in [3.63, 3.8) is 0 Å². The zero-order valence-corrected chi connectivity index (χ0v) is 13.3. The fraction of sp³-hybridized carbons (Fsp3) is 0.667. The van der Waals surface area contributed by atoms with E-state index in [4.69, 9.17) is 9.84 Å². The Labute approximate surface area is 132 Å². The molecule has 1 aromatic rings. The number of rotatable bonds is 6. The third-order valence-electron chi connectivity index (χ3n) is 5.30. The Morgan fingerprint density at radius 1 is 1.09 bits per heavy atom. The van der Waals surface area contributed by atoms with Gasteiger partial charge in [-0.25, -0.2) is 0 Å². The molecule has 0 amide bonds. The smallest absolute Gasteiger partial charge is 0.119 e. The maximum Gasteiger partial charge on any atom is 0.119 e. The predicted octanol–water partition coefficient (Wildman–Crippen LogP) is 2.04. The van der Waals surface area contributed by atoms with Crippen molar-refractivity contribution in [3.05, 3.63) is 29.8 Å². The molecule has 2 aliphatic carbocycles. The van der Waals surface area contributed by atoms with Gasteiger partial charge in [0.15, 0.2) is 0 Å². The molecule has 2 aliphatic rings. The minimum Gasteiger partial charge on any atom is -0.491 e. The first-order valence-corrected chi connectivity index (χ1v) is 8.36. The van der Waals surface area contributed by atoms with Gasteiger partial charge in [-0.2, -0.15) is 0 Å². The summed E-state index contributed by atoms with van der Waals surface area (Å²) in [6.45, 7) is 1.34. The molecular weight excluding hydrogens is 278 g/mol. The zero-order chi connectivity index (χ0) is 15.5. The van der Waals surface area contributed by atoms with Crippen LogP contribution in [0.4, 0.5) is 0 Å². The molecule has 2 saturated carbocycles. The molecule has 22 heavy (non-hydrogen) atoms. The van der Waals surface area contributed by atoms with Crippen molar-refractivity contribution in [2.24, 2.45) is 11.8 Å². The Kier molecular flexibility index (Phi) is 5.01. The van der Waals surface area contributed by atoms with Crippen LogP contribution in [-0.4, -0.2) is 47.5 Å². The molecule has 122 valence electrons. The van der Waals surface area contributed by atoms with Crippen molar-refractivity contribution in [1.29, 1.82) is 0 Å². The number of fused-ring (bicyclic) bond motifs is 1. The van der Waals surface area contributed by atoms with Crippen molar-refractivity contribution in [3.8, 4) is 5.75 Å². The van der Waals surface area contributed by atoms with Crippen LogP contribution >= 0.6 is 0 Å². The van der Waals surface area contributed by atoms with Gasteiger partial charge < -0.3 is 14.9 Å². The lowest BCUT2D eigenvalue weighted by molar-refractivity contribution is 0.158. The van der Waals surface area contributed by atoms with E-state index in [1.165, 1.54) is 18.4 Å². The Bertz CT molecular complexity index is 462. The molecule has 0 bridgehead atoms.